The highest BCUT2D eigenvalue weighted by atomic mass is 32.2. The summed E-state index contributed by atoms with van der Waals surface area (Å²) < 4.78 is 98.8. The Labute approximate surface area is 218 Å². The van der Waals surface area contributed by atoms with Crippen LogP contribution in [0.5, 0.6) is 5.75 Å². The quantitative estimate of drug-likeness (QED) is 0.448. The topological polar surface area (TPSA) is 75.7 Å². The fourth-order valence-corrected chi connectivity index (χ4v) is 5.09. The number of carbonyl (C=O) groups excluding carboxylic acids is 1. The molecule has 1 aliphatic carbocycles. The second-order valence-electron chi connectivity index (χ2n) is 10.5. The van der Waals surface area contributed by atoms with Crippen LogP contribution in [0.25, 0.3) is 0 Å². The van der Waals surface area contributed by atoms with E-state index in [0.29, 0.717) is 43.3 Å². The first-order valence-corrected chi connectivity index (χ1v) is 14.1. The number of piperidine rings is 1. The molecule has 208 valence electrons. The van der Waals surface area contributed by atoms with Crippen molar-refractivity contribution in [1.29, 1.82) is 0 Å². The van der Waals surface area contributed by atoms with Crippen LogP contribution in [0.15, 0.2) is 30.3 Å². The van der Waals surface area contributed by atoms with Gasteiger partial charge in [0, 0.05) is 18.0 Å². The number of ether oxygens (including phenoxy) is 1. The molecular weight excluding hydrogens is 531 g/mol. The van der Waals surface area contributed by atoms with Crippen LogP contribution in [-0.4, -0.2) is 45.2 Å². The molecule has 0 spiro atoms. The summed E-state index contributed by atoms with van der Waals surface area (Å²) >= 11 is 0. The first-order valence-electron chi connectivity index (χ1n) is 12.2. The average Bonchev–Trinajstić information content (AvgIpc) is 3.64. The molecule has 0 bridgehead atoms. The molecule has 2 fully saturated rings. The van der Waals surface area contributed by atoms with Gasteiger partial charge in [0.1, 0.15) is 17.4 Å². The Bertz CT molecular complexity index is 1320. The molecule has 4 rings (SSSR count). The van der Waals surface area contributed by atoms with E-state index in [2.05, 4.69) is 0 Å². The largest absolute Gasteiger partial charge is 0.493 e. The second-order valence-corrected chi connectivity index (χ2v) is 12.3. The third-order valence-electron chi connectivity index (χ3n) is 7.05. The van der Waals surface area contributed by atoms with E-state index in [9.17, 15) is 35.2 Å². The summed E-state index contributed by atoms with van der Waals surface area (Å²) in [7, 11) is -3.86. The van der Waals surface area contributed by atoms with Crippen LogP contribution in [0, 0.1) is 17.0 Å². The van der Waals surface area contributed by atoms with Crippen LogP contribution in [0.2, 0.25) is 0 Å². The Kier molecular flexibility index (Phi) is 7.77. The lowest BCUT2D eigenvalue weighted by molar-refractivity contribution is -0.138. The molecular formula is C26H29F5N2O4S. The van der Waals surface area contributed by atoms with Gasteiger partial charge in [-0.3, -0.25) is 9.69 Å². The third-order valence-corrected chi connectivity index (χ3v) is 7.61. The summed E-state index contributed by atoms with van der Waals surface area (Å²) in [5.74, 6) is -2.50. The molecule has 6 nitrogen and oxygen atoms in total. The molecule has 38 heavy (non-hydrogen) atoms. The molecule has 12 heteroatoms. The minimum atomic E-state index is -4.65. The van der Waals surface area contributed by atoms with Gasteiger partial charge >= 0.3 is 6.18 Å². The minimum Gasteiger partial charge on any atom is -0.493 e. The van der Waals surface area contributed by atoms with Crippen LogP contribution < -0.4 is 9.46 Å². The van der Waals surface area contributed by atoms with Gasteiger partial charge in [0.05, 0.1) is 24.0 Å². The first kappa shape index (κ1) is 28.3. The second kappa shape index (κ2) is 10.4. The lowest BCUT2D eigenvalue weighted by Crippen LogP contribution is -2.41. The van der Waals surface area contributed by atoms with Crippen LogP contribution >= 0.6 is 0 Å². The highest BCUT2D eigenvalue weighted by Gasteiger charge is 2.36. The van der Waals surface area contributed by atoms with Crippen molar-refractivity contribution in [1.82, 2.24) is 9.62 Å². The van der Waals surface area contributed by atoms with Gasteiger partial charge in [-0.2, -0.15) is 13.2 Å². The molecule has 2 aliphatic rings. The van der Waals surface area contributed by atoms with Gasteiger partial charge < -0.3 is 4.74 Å². The molecule has 1 saturated carbocycles. The summed E-state index contributed by atoms with van der Waals surface area (Å²) in [4.78, 5) is 14.1. The monoisotopic (exact) mass is 560 g/mol. The Balaban J connectivity index is 1.41. The predicted octanol–water partition coefficient (Wildman–Crippen LogP) is 5.23. The van der Waals surface area contributed by atoms with E-state index in [1.807, 2.05) is 11.8 Å². The van der Waals surface area contributed by atoms with E-state index < -0.39 is 39.3 Å². The van der Waals surface area contributed by atoms with Crippen LogP contribution in [0.4, 0.5) is 22.0 Å². The molecule has 2 aromatic carbocycles. The Morgan fingerprint density at radius 2 is 1.79 bits per heavy atom. The van der Waals surface area contributed by atoms with E-state index in [1.54, 1.807) is 4.72 Å². The molecule has 1 aliphatic heterocycles. The lowest BCUT2D eigenvalue weighted by Gasteiger charge is -2.39. The van der Waals surface area contributed by atoms with Crippen LogP contribution in [-0.2, 0) is 22.7 Å². The van der Waals surface area contributed by atoms with Crippen molar-refractivity contribution in [2.75, 3.05) is 26.0 Å². The lowest BCUT2D eigenvalue weighted by atomic mass is 9.81. The summed E-state index contributed by atoms with van der Waals surface area (Å²) in [6.45, 7) is 3.27. The van der Waals surface area contributed by atoms with Gasteiger partial charge in [-0.25, -0.2) is 21.9 Å². The molecule has 1 heterocycles. The van der Waals surface area contributed by atoms with Crippen LogP contribution in [0.3, 0.4) is 0 Å². The molecule has 1 N–H and O–H groups in total. The molecule has 1 amide bonds. The van der Waals surface area contributed by atoms with Crippen molar-refractivity contribution in [2.24, 2.45) is 5.41 Å². The van der Waals surface area contributed by atoms with Crippen molar-refractivity contribution in [3.63, 3.8) is 0 Å². The van der Waals surface area contributed by atoms with Gasteiger partial charge in [-0.1, -0.05) is 13.0 Å². The summed E-state index contributed by atoms with van der Waals surface area (Å²) in [6.07, 6.45) is -0.930. The van der Waals surface area contributed by atoms with Crippen molar-refractivity contribution >= 4 is 15.9 Å². The Morgan fingerprint density at radius 1 is 1.13 bits per heavy atom. The highest BCUT2D eigenvalue weighted by molar-refractivity contribution is 7.89. The number of sulfonamides is 1. The predicted molar refractivity (Wildman–Crippen MR) is 130 cm³/mol. The maximum absolute atomic E-state index is 14.8. The zero-order valence-corrected chi connectivity index (χ0v) is 21.8. The van der Waals surface area contributed by atoms with Gasteiger partial charge in [-0.05, 0) is 74.0 Å². The fourth-order valence-electron chi connectivity index (χ4n) is 4.65. The van der Waals surface area contributed by atoms with Crippen molar-refractivity contribution in [2.45, 2.75) is 51.2 Å². The number of likely N-dealkylation sites (tertiary alicyclic amines) is 1. The van der Waals surface area contributed by atoms with Gasteiger partial charge in [0.15, 0.2) is 0 Å². The number of halogens is 5. The minimum absolute atomic E-state index is 0.0169. The third kappa shape index (κ3) is 7.02. The number of nitrogens with one attached hydrogen (secondary N) is 1. The van der Waals surface area contributed by atoms with Crippen molar-refractivity contribution < 1.29 is 39.9 Å². The molecule has 0 radical (unpaired) electrons. The van der Waals surface area contributed by atoms with Gasteiger partial charge in [0.25, 0.3) is 5.91 Å². The fraction of sp³-hybridized carbons (Fsp3) is 0.500. The van der Waals surface area contributed by atoms with E-state index in [-0.39, 0.29) is 35.6 Å². The summed E-state index contributed by atoms with van der Waals surface area (Å²) in [5.41, 5.74) is -1.01. The van der Waals surface area contributed by atoms with Crippen molar-refractivity contribution in [3.05, 3.63) is 64.2 Å². The van der Waals surface area contributed by atoms with E-state index >= 15 is 0 Å². The highest BCUT2D eigenvalue weighted by Crippen LogP contribution is 2.46. The number of hydrogen-bond donors (Lipinski definition) is 1. The number of benzene rings is 2. The average molecular weight is 561 g/mol. The van der Waals surface area contributed by atoms with E-state index in [4.69, 9.17) is 4.74 Å². The zero-order valence-electron chi connectivity index (χ0n) is 21.0. The Hall–Kier alpha value is -2.73. The molecule has 0 unspecified atom stereocenters. The maximum atomic E-state index is 14.8. The standard InChI is InChI=1S/C26H29F5N2O4S/c1-25(7-9-33(10-8-25)14-17-5-6-18(27)11-21(17)26(29,30)31)15-37-23-13-22(28)20(12-19(23)16-3-4-16)24(34)32-38(2,35)36/h5-6,11-13,16H,3-4,7-10,14-15H2,1-2H3,(H,32,34). The summed E-state index contributed by atoms with van der Waals surface area (Å²) in [5, 5.41) is 0. The van der Waals surface area contributed by atoms with Crippen LogP contribution in [0.1, 0.15) is 65.6 Å². The number of alkyl halides is 3. The summed E-state index contributed by atoms with van der Waals surface area (Å²) in [6, 6.07) is 5.16. The molecule has 0 aromatic heterocycles. The van der Waals surface area contributed by atoms with Gasteiger partial charge in [0.2, 0.25) is 10.0 Å². The number of carbonyl (C=O) groups is 1. The zero-order chi connectivity index (χ0) is 27.9. The molecule has 1 saturated heterocycles. The number of nitrogens with zero attached hydrogens (tertiary/aromatic N) is 1. The normalized spacial score (nSPS) is 18.3. The SMILES string of the molecule is CC1(COc2cc(F)c(C(=O)NS(C)(=O)=O)cc2C2CC2)CCN(Cc2ccc(F)cc2C(F)(F)F)CC1. The number of rotatable bonds is 8. The first-order chi connectivity index (χ1) is 17.6. The van der Waals surface area contributed by atoms with E-state index in [1.165, 1.54) is 12.1 Å². The molecule has 0 atom stereocenters. The Morgan fingerprint density at radius 3 is 2.37 bits per heavy atom. The molecule has 2 aromatic rings. The van der Waals surface area contributed by atoms with Crippen molar-refractivity contribution in [3.8, 4) is 5.75 Å². The van der Waals surface area contributed by atoms with E-state index in [0.717, 1.165) is 31.2 Å². The number of hydrogen-bond acceptors (Lipinski definition) is 5. The maximum Gasteiger partial charge on any atom is 0.416 e. The number of amides is 1. The van der Waals surface area contributed by atoms with Gasteiger partial charge in [-0.15, -0.1) is 0 Å². The smallest absolute Gasteiger partial charge is 0.416 e.